The maximum Gasteiger partial charge on any atom is 0.449 e. The summed E-state index contributed by atoms with van der Waals surface area (Å²) in [7, 11) is 0. The third kappa shape index (κ3) is 2.04. The molecule has 0 aromatic heterocycles. The molecular formula is C7H7F3N2O2. The normalized spacial score (nSPS) is 17.6. The Morgan fingerprint density at radius 2 is 2.14 bits per heavy atom. The van der Waals surface area contributed by atoms with Crippen LogP contribution in [0.15, 0.2) is 16.3 Å². The lowest BCUT2D eigenvalue weighted by Gasteiger charge is -2.19. The van der Waals surface area contributed by atoms with Crippen molar-refractivity contribution >= 4 is 11.8 Å². The lowest BCUT2D eigenvalue weighted by molar-refractivity contribution is -0.132. The first-order chi connectivity index (χ1) is 6.32. The number of alkyl halides is 3. The molecule has 0 aromatic rings. The fourth-order valence-electron chi connectivity index (χ4n) is 0.958. The molecule has 0 aliphatic carbocycles. The van der Waals surface area contributed by atoms with Crippen LogP contribution in [0.1, 0.15) is 6.92 Å². The van der Waals surface area contributed by atoms with Gasteiger partial charge in [0.05, 0.1) is 12.1 Å². The molecule has 1 aliphatic heterocycles. The number of hydrogen-bond acceptors (Lipinski definition) is 3. The van der Waals surface area contributed by atoms with Crippen LogP contribution in [0.2, 0.25) is 0 Å². The third-order valence-electron chi connectivity index (χ3n) is 1.68. The lowest BCUT2D eigenvalue weighted by Crippen LogP contribution is -2.40. The topological polar surface area (TPSA) is 61.7 Å². The number of nitrogens with one attached hydrogen (secondary N) is 1. The highest BCUT2D eigenvalue weighted by Gasteiger charge is 2.38. The van der Waals surface area contributed by atoms with E-state index in [4.69, 9.17) is 5.11 Å². The maximum atomic E-state index is 12.1. The Morgan fingerprint density at radius 1 is 1.57 bits per heavy atom. The molecule has 0 radical (unpaired) electrons. The van der Waals surface area contributed by atoms with Crippen molar-refractivity contribution in [2.24, 2.45) is 4.99 Å². The van der Waals surface area contributed by atoms with Gasteiger partial charge in [-0.1, -0.05) is 0 Å². The smallest absolute Gasteiger partial charge is 0.449 e. The van der Waals surface area contributed by atoms with E-state index in [1.807, 2.05) is 5.32 Å². The minimum Gasteiger partial charge on any atom is -0.478 e. The molecule has 14 heavy (non-hydrogen) atoms. The standard InChI is InChI=1S/C7H7F3N2O2/c1-3-4(5(13)14)2-11-6(12-3)7(8,9)10/h2H2,1H3,(H,11,12)(H,13,14). The average Bonchev–Trinajstić information content (AvgIpc) is 2.01. The van der Waals surface area contributed by atoms with Crippen LogP contribution in [0.5, 0.6) is 0 Å². The molecule has 2 N–H and O–H groups in total. The Balaban J connectivity index is 2.86. The fraction of sp³-hybridized carbons (Fsp3) is 0.429. The number of hydrogen-bond donors (Lipinski definition) is 2. The molecule has 1 aliphatic rings. The molecule has 0 amide bonds. The predicted octanol–water partition coefficient (Wildman–Crippen LogP) is 0.909. The first-order valence-electron chi connectivity index (χ1n) is 3.64. The Labute approximate surface area is 77.1 Å². The summed E-state index contributed by atoms with van der Waals surface area (Å²) < 4.78 is 36.2. The van der Waals surface area contributed by atoms with Crippen molar-refractivity contribution < 1.29 is 23.1 Å². The van der Waals surface area contributed by atoms with Crippen molar-refractivity contribution in [1.29, 1.82) is 0 Å². The SMILES string of the molecule is CC1=C(C(=O)O)CN=C(C(F)(F)F)N1. The zero-order valence-corrected chi connectivity index (χ0v) is 7.14. The molecular weight excluding hydrogens is 201 g/mol. The van der Waals surface area contributed by atoms with Crippen LogP contribution in [-0.2, 0) is 4.79 Å². The Morgan fingerprint density at radius 3 is 2.50 bits per heavy atom. The first kappa shape index (κ1) is 10.6. The van der Waals surface area contributed by atoms with E-state index in [9.17, 15) is 18.0 Å². The van der Waals surface area contributed by atoms with E-state index in [2.05, 4.69) is 4.99 Å². The van der Waals surface area contributed by atoms with Crippen LogP contribution in [-0.4, -0.2) is 29.6 Å². The molecule has 1 heterocycles. The molecule has 0 saturated heterocycles. The largest absolute Gasteiger partial charge is 0.478 e. The summed E-state index contributed by atoms with van der Waals surface area (Å²) in [5.41, 5.74) is -0.183. The first-order valence-corrected chi connectivity index (χ1v) is 3.64. The van der Waals surface area contributed by atoms with Gasteiger partial charge in [-0.3, -0.25) is 4.99 Å². The van der Waals surface area contributed by atoms with Crippen LogP contribution in [0.25, 0.3) is 0 Å². The molecule has 78 valence electrons. The summed E-state index contributed by atoms with van der Waals surface area (Å²) in [6, 6.07) is 0. The molecule has 0 fully saturated rings. The van der Waals surface area contributed by atoms with Crippen LogP contribution in [0.4, 0.5) is 13.2 Å². The van der Waals surface area contributed by atoms with E-state index >= 15 is 0 Å². The van der Waals surface area contributed by atoms with Gasteiger partial charge in [0.2, 0.25) is 5.84 Å². The quantitative estimate of drug-likeness (QED) is 0.673. The van der Waals surface area contributed by atoms with Gasteiger partial charge in [-0.25, -0.2) is 4.79 Å². The molecule has 0 aromatic carbocycles. The highest BCUT2D eigenvalue weighted by Crippen LogP contribution is 2.20. The van der Waals surface area contributed by atoms with Crippen LogP contribution < -0.4 is 5.32 Å². The molecule has 0 atom stereocenters. The van der Waals surface area contributed by atoms with Crippen molar-refractivity contribution in [1.82, 2.24) is 5.32 Å². The summed E-state index contributed by atoms with van der Waals surface area (Å²) in [6.07, 6.45) is -4.56. The Hall–Kier alpha value is -1.53. The van der Waals surface area contributed by atoms with Crippen molar-refractivity contribution in [2.75, 3.05) is 6.54 Å². The Kier molecular flexibility index (Phi) is 2.50. The van der Waals surface area contributed by atoms with Gasteiger partial charge in [-0.05, 0) is 6.92 Å². The van der Waals surface area contributed by atoms with Gasteiger partial charge in [0.15, 0.2) is 0 Å². The number of carboxylic acids is 1. The van der Waals surface area contributed by atoms with Crippen LogP contribution in [0.3, 0.4) is 0 Å². The highest BCUT2D eigenvalue weighted by atomic mass is 19.4. The van der Waals surface area contributed by atoms with E-state index in [0.29, 0.717) is 0 Å². The molecule has 0 saturated carbocycles. The molecule has 7 heteroatoms. The van der Waals surface area contributed by atoms with Crippen LogP contribution >= 0.6 is 0 Å². The average molecular weight is 208 g/mol. The molecule has 0 unspecified atom stereocenters. The van der Waals surface area contributed by atoms with E-state index in [-0.39, 0.29) is 11.3 Å². The zero-order valence-electron chi connectivity index (χ0n) is 7.14. The van der Waals surface area contributed by atoms with Crippen molar-refractivity contribution in [3.05, 3.63) is 11.3 Å². The van der Waals surface area contributed by atoms with Gasteiger partial charge in [0.25, 0.3) is 0 Å². The third-order valence-corrected chi connectivity index (χ3v) is 1.68. The molecule has 0 bridgehead atoms. The molecule has 0 spiro atoms. The van der Waals surface area contributed by atoms with Crippen molar-refractivity contribution in [2.45, 2.75) is 13.1 Å². The van der Waals surface area contributed by atoms with E-state index in [0.717, 1.165) is 0 Å². The zero-order chi connectivity index (χ0) is 10.9. The van der Waals surface area contributed by atoms with E-state index < -0.39 is 24.5 Å². The lowest BCUT2D eigenvalue weighted by atomic mass is 10.2. The van der Waals surface area contributed by atoms with Crippen molar-refractivity contribution in [3.8, 4) is 0 Å². The van der Waals surface area contributed by atoms with Gasteiger partial charge in [0.1, 0.15) is 0 Å². The number of carbonyl (C=O) groups is 1. The minimum atomic E-state index is -4.56. The highest BCUT2D eigenvalue weighted by molar-refractivity contribution is 5.95. The summed E-state index contributed by atoms with van der Waals surface area (Å²) in [4.78, 5) is 13.6. The number of rotatable bonds is 1. The Bertz CT molecular complexity index is 330. The number of aliphatic carboxylic acids is 1. The molecule has 1 rings (SSSR count). The second-order valence-corrected chi connectivity index (χ2v) is 2.70. The van der Waals surface area contributed by atoms with E-state index in [1.165, 1.54) is 6.92 Å². The summed E-state index contributed by atoms with van der Waals surface area (Å²) in [6.45, 7) is 0.812. The summed E-state index contributed by atoms with van der Waals surface area (Å²) in [5, 5.41) is 10.5. The summed E-state index contributed by atoms with van der Waals surface area (Å²) in [5.74, 6) is -2.42. The number of aliphatic imine (C=N–C) groups is 1. The second-order valence-electron chi connectivity index (χ2n) is 2.70. The van der Waals surface area contributed by atoms with Gasteiger partial charge in [0, 0.05) is 5.70 Å². The molecule has 4 nitrogen and oxygen atoms in total. The number of allylic oxidation sites excluding steroid dienone is 1. The second kappa shape index (κ2) is 3.32. The van der Waals surface area contributed by atoms with Gasteiger partial charge in [-0.2, -0.15) is 13.2 Å². The fourth-order valence-corrected chi connectivity index (χ4v) is 0.958. The monoisotopic (exact) mass is 208 g/mol. The number of amidine groups is 1. The van der Waals surface area contributed by atoms with Gasteiger partial charge in [-0.15, -0.1) is 0 Å². The minimum absolute atomic E-state index is 0.0279. The van der Waals surface area contributed by atoms with Gasteiger partial charge < -0.3 is 10.4 Å². The predicted molar refractivity (Wildman–Crippen MR) is 41.8 cm³/mol. The number of carboxylic acid groups (broad SMARTS) is 1. The number of nitrogens with zero attached hydrogens (tertiary/aromatic N) is 1. The maximum absolute atomic E-state index is 12.1. The summed E-state index contributed by atoms with van der Waals surface area (Å²) >= 11 is 0. The van der Waals surface area contributed by atoms with Crippen LogP contribution in [0, 0.1) is 0 Å². The van der Waals surface area contributed by atoms with Gasteiger partial charge >= 0.3 is 12.1 Å². The van der Waals surface area contributed by atoms with E-state index in [1.54, 1.807) is 0 Å². The number of halogens is 3. The van der Waals surface area contributed by atoms with Crippen molar-refractivity contribution in [3.63, 3.8) is 0 Å².